The Morgan fingerprint density at radius 3 is 2.09 bits per heavy atom. The van der Waals surface area contributed by atoms with Gasteiger partial charge in [-0.15, -0.1) is 0 Å². The van der Waals surface area contributed by atoms with Crippen LogP contribution >= 0.6 is 0 Å². The zero-order valence-electron chi connectivity index (χ0n) is 28.9. The molecule has 0 aromatic rings. The second kappa shape index (κ2) is 28.3. The van der Waals surface area contributed by atoms with Crippen molar-refractivity contribution in [3.8, 4) is 0 Å². The molecule has 1 rings (SSSR count). The molecule has 9 heteroatoms. The summed E-state index contributed by atoms with van der Waals surface area (Å²) in [6.07, 6.45) is 22.9. The summed E-state index contributed by atoms with van der Waals surface area (Å²) < 4.78 is 16.2. The van der Waals surface area contributed by atoms with Crippen LogP contribution in [0.5, 0.6) is 0 Å². The Bertz CT molecular complexity index is 815. The van der Waals surface area contributed by atoms with Gasteiger partial charge in [0.15, 0.2) is 12.4 Å². The molecular formula is C37H66O9. The number of rotatable bonds is 28. The molecule has 0 saturated carbocycles. The minimum atomic E-state index is -1.04. The van der Waals surface area contributed by atoms with Crippen molar-refractivity contribution >= 4 is 11.9 Å². The molecule has 1 saturated heterocycles. The third-order valence-electron chi connectivity index (χ3n) is 8.54. The minimum absolute atomic E-state index is 0.136. The van der Waals surface area contributed by atoms with E-state index >= 15 is 0 Å². The Kier molecular flexibility index (Phi) is 25.9. The van der Waals surface area contributed by atoms with Gasteiger partial charge in [-0.25, -0.2) is 0 Å². The Hall–Kier alpha value is -1.78. The van der Waals surface area contributed by atoms with Crippen molar-refractivity contribution in [2.24, 2.45) is 5.92 Å². The van der Waals surface area contributed by atoms with Crippen LogP contribution < -0.4 is 0 Å². The molecule has 6 atom stereocenters. The van der Waals surface area contributed by atoms with E-state index in [1.165, 1.54) is 51.4 Å². The van der Waals surface area contributed by atoms with Crippen LogP contribution in [-0.2, 0) is 23.8 Å². The van der Waals surface area contributed by atoms with Crippen LogP contribution in [0, 0.1) is 5.92 Å². The van der Waals surface area contributed by atoms with E-state index in [1.807, 2.05) is 12.2 Å². The molecule has 4 N–H and O–H groups in total. The molecule has 1 heterocycles. The van der Waals surface area contributed by atoms with Gasteiger partial charge in [0.1, 0.15) is 6.61 Å². The quantitative estimate of drug-likeness (QED) is 0.0405. The van der Waals surface area contributed by atoms with Crippen LogP contribution in [0.1, 0.15) is 149 Å². The molecule has 0 amide bonds. The van der Waals surface area contributed by atoms with E-state index in [-0.39, 0.29) is 31.3 Å². The molecule has 1 fully saturated rings. The first kappa shape index (κ1) is 42.2. The van der Waals surface area contributed by atoms with Crippen molar-refractivity contribution in [3.63, 3.8) is 0 Å². The molecule has 0 aliphatic carbocycles. The third kappa shape index (κ3) is 21.9. The first-order valence-electron chi connectivity index (χ1n) is 18.3. The normalized spacial score (nSPS) is 21.5. The van der Waals surface area contributed by atoms with Crippen LogP contribution in [0.4, 0.5) is 0 Å². The highest BCUT2D eigenvalue weighted by Crippen LogP contribution is 2.29. The van der Waals surface area contributed by atoms with E-state index in [4.69, 9.17) is 14.2 Å². The van der Waals surface area contributed by atoms with E-state index in [9.17, 15) is 30.0 Å². The summed E-state index contributed by atoms with van der Waals surface area (Å²) in [5.41, 5.74) is 0. The zero-order chi connectivity index (χ0) is 33.8. The van der Waals surface area contributed by atoms with Crippen LogP contribution in [0.3, 0.4) is 0 Å². The molecule has 0 bridgehead atoms. The molecule has 0 spiro atoms. The highest BCUT2D eigenvalue weighted by Gasteiger charge is 2.35. The maximum Gasteiger partial charge on any atom is 0.306 e. The van der Waals surface area contributed by atoms with Crippen molar-refractivity contribution < 1.29 is 44.2 Å². The fourth-order valence-corrected chi connectivity index (χ4v) is 5.65. The van der Waals surface area contributed by atoms with Crippen LogP contribution in [0.25, 0.3) is 0 Å². The smallest absolute Gasteiger partial charge is 0.306 e. The number of carbonyl (C=O) groups excluding carboxylic acids is 2. The van der Waals surface area contributed by atoms with Gasteiger partial charge in [0.2, 0.25) is 0 Å². The Morgan fingerprint density at radius 1 is 0.826 bits per heavy atom. The lowest BCUT2D eigenvalue weighted by atomic mass is 9.87. The average Bonchev–Trinajstić information content (AvgIpc) is 3.03. The van der Waals surface area contributed by atoms with Crippen molar-refractivity contribution in [2.45, 2.75) is 179 Å². The topological polar surface area (TPSA) is 143 Å². The summed E-state index contributed by atoms with van der Waals surface area (Å²) in [6, 6.07) is 0. The largest absolute Gasteiger partial charge is 0.462 e. The number of ether oxygens (including phenoxy) is 3. The molecule has 1 aliphatic rings. The maximum atomic E-state index is 12.2. The summed E-state index contributed by atoms with van der Waals surface area (Å²) in [6.45, 7) is 3.78. The summed E-state index contributed by atoms with van der Waals surface area (Å²) in [7, 11) is 0. The number of allylic oxidation sites excluding steroid dienone is 2. The van der Waals surface area contributed by atoms with E-state index < -0.39 is 43.3 Å². The monoisotopic (exact) mass is 654 g/mol. The molecule has 0 radical (unpaired) electrons. The van der Waals surface area contributed by atoms with Gasteiger partial charge >= 0.3 is 11.9 Å². The molecule has 0 aromatic carbocycles. The number of aliphatic hydroxyl groups is 4. The molecule has 9 nitrogen and oxygen atoms in total. The Labute approximate surface area is 278 Å². The van der Waals surface area contributed by atoms with Crippen LogP contribution in [0.2, 0.25) is 0 Å². The highest BCUT2D eigenvalue weighted by molar-refractivity contribution is 5.70. The summed E-state index contributed by atoms with van der Waals surface area (Å²) in [5.74, 6) is -1.04. The second-order valence-electron chi connectivity index (χ2n) is 12.8. The molecule has 268 valence electrons. The average molecular weight is 655 g/mol. The standard InChI is InChI=1S/C37H66O9/c1-3-5-7-8-9-10-11-12-13-14-20-24-36(42)45-31(28-38)29-44-35(41)23-19-16-15-18-22-32-33(40)27-37(43)46-34(32)26-25-30(39)21-17-6-4-2/h15,18,25-26,30-34,37-40,43H,3-14,16-17,19-24,27-29H2,1-2H3/b18-15-,26-25+/t30-,31-,32-,33-,34+,37?/m0/s1. The first-order valence-corrected chi connectivity index (χ1v) is 18.3. The first-order chi connectivity index (χ1) is 22.3. The van der Waals surface area contributed by atoms with Crippen molar-refractivity contribution in [1.82, 2.24) is 0 Å². The predicted octanol–water partition coefficient (Wildman–Crippen LogP) is 6.83. The third-order valence-corrected chi connectivity index (χ3v) is 8.54. The van der Waals surface area contributed by atoms with Crippen molar-refractivity contribution in [2.75, 3.05) is 13.2 Å². The Balaban J connectivity index is 2.21. The summed E-state index contributed by atoms with van der Waals surface area (Å²) >= 11 is 0. The molecular weight excluding hydrogens is 588 g/mol. The number of hydrogen-bond donors (Lipinski definition) is 4. The van der Waals surface area contributed by atoms with Gasteiger partial charge in [0.05, 0.1) is 24.9 Å². The van der Waals surface area contributed by atoms with Gasteiger partial charge in [-0.1, -0.05) is 122 Å². The van der Waals surface area contributed by atoms with Gasteiger partial charge in [0, 0.05) is 25.2 Å². The van der Waals surface area contributed by atoms with E-state index in [1.54, 1.807) is 12.2 Å². The van der Waals surface area contributed by atoms with E-state index in [2.05, 4.69) is 13.8 Å². The van der Waals surface area contributed by atoms with Gasteiger partial charge < -0.3 is 34.6 Å². The molecule has 0 aromatic heterocycles. The lowest BCUT2D eigenvalue weighted by Gasteiger charge is -2.36. The number of unbranched alkanes of at least 4 members (excludes halogenated alkanes) is 13. The number of esters is 2. The fraction of sp³-hybridized carbons (Fsp3) is 0.838. The van der Waals surface area contributed by atoms with E-state index in [0.717, 1.165) is 38.5 Å². The zero-order valence-corrected chi connectivity index (χ0v) is 28.9. The second-order valence-corrected chi connectivity index (χ2v) is 12.8. The maximum absolute atomic E-state index is 12.2. The van der Waals surface area contributed by atoms with Crippen molar-refractivity contribution in [3.05, 3.63) is 24.3 Å². The lowest BCUT2D eigenvalue weighted by Crippen LogP contribution is -2.43. The molecule has 1 unspecified atom stereocenters. The summed E-state index contributed by atoms with van der Waals surface area (Å²) in [5, 5.41) is 40.2. The van der Waals surface area contributed by atoms with Crippen LogP contribution in [-0.4, -0.2) is 76.3 Å². The van der Waals surface area contributed by atoms with Gasteiger partial charge in [-0.2, -0.15) is 0 Å². The predicted molar refractivity (Wildman–Crippen MR) is 181 cm³/mol. The molecule has 46 heavy (non-hydrogen) atoms. The number of aliphatic hydroxyl groups excluding tert-OH is 4. The number of hydrogen-bond acceptors (Lipinski definition) is 9. The van der Waals surface area contributed by atoms with Crippen molar-refractivity contribution in [1.29, 1.82) is 0 Å². The van der Waals surface area contributed by atoms with Crippen LogP contribution in [0.15, 0.2) is 24.3 Å². The van der Waals surface area contributed by atoms with Gasteiger partial charge in [-0.05, 0) is 32.1 Å². The molecule has 1 aliphatic heterocycles. The Morgan fingerprint density at radius 2 is 1.43 bits per heavy atom. The summed E-state index contributed by atoms with van der Waals surface area (Å²) in [4.78, 5) is 24.3. The van der Waals surface area contributed by atoms with E-state index in [0.29, 0.717) is 32.1 Å². The fourth-order valence-electron chi connectivity index (χ4n) is 5.65. The van der Waals surface area contributed by atoms with Gasteiger partial charge in [-0.3, -0.25) is 9.59 Å². The SMILES string of the molecule is CCCCCCCCCCCCCC(=O)O[C@@H](CO)COC(=O)CCC/C=C\C[C@H]1[C@@H](O)CC(O)O[C@@H]1/C=C/[C@@H](O)CCCCC. The highest BCUT2D eigenvalue weighted by atomic mass is 16.6. The van der Waals surface area contributed by atoms with Gasteiger partial charge in [0.25, 0.3) is 0 Å². The number of carbonyl (C=O) groups is 2. The lowest BCUT2D eigenvalue weighted by molar-refractivity contribution is -0.199. The minimum Gasteiger partial charge on any atom is -0.462 e.